The number of methoxy groups -OCH3 is 1. The molecule has 1 aliphatic heterocycles. The van der Waals surface area contributed by atoms with Gasteiger partial charge in [-0.25, -0.2) is 9.97 Å². The lowest BCUT2D eigenvalue weighted by Crippen LogP contribution is -2.28. The number of nitrogens with one attached hydrogen (secondary N) is 1. The molecule has 3 aromatic rings. The largest absolute Gasteiger partial charge is 0.493 e. The van der Waals surface area contributed by atoms with Crippen molar-refractivity contribution in [2.45, 2.75) is 46.3 Å². The average molecular weight is 450 g/mol. The van der Waals surface area contributed by atoms with Crippen molar-refractivity contribution >= 4 is 28.3 Å². The number of aromatic nitrogens is 2. The minimum absolute atomic E-state index is 0.0184. The first-order valence-corrected chi connectivity index (χ1v) is 11.2. The SMILES string of the molecule is COc1cc2nc(C)nc(N[C@H](C)c3cc(C)cc(N)c3)c2cc1O[C@H]1CCN(C(C)=O)C1. The maximum atomic E-state index is 11.7. The molecule has 2 aromatic carbocycles. The van der Waals surface area contributed by atoms with E-state index < -0.39 is 0 Å². The molecule has 33 heavy (non-hydrogen) atoms. The van der Waals surface area contributed by atoms with Gasteiger partial charge in [-0.1, -0.05) is 6.07 Å². The van der Waals surface area contributed by atoms with E-state index in [1.807, 2.05) is 38.1 Å². The Bertz CT molecular complexity index is 1180. The third-order valence-electron chi connectivity index (χ3n) is 5.95. The first-order chi connectivity index (χ1) is 15.7. The van der Waals surface area contributed by atoms with Crippen molar-refractivity contribution in [2.24, 2.45) is 0 Å². The van der Waals surface area contributed by atoms with Crippen molar-refractivity contribution in [3.8, 4) is 11.5 Å². The van der Waals surface area contributed by atoms with E-state index in [2.05, 4.69) is 28.3 Å². The maximum Gasteiger partial charge on any atom is 0.219 e. The number of rotatable bonds is 6. The van der Waals surface area contributed by atoms with Crippen LogP contribution in [0.15, 0.2) is 30.3 Å². The standard InChI is InChI=1S/C25H31N5O3/c1-14-8-18(10-19(26)9-14)15(2)27-25-21-11-24(33-20-6-7-30(13-20)17(4)31)23(32-5)12-22(21)28-16(3)29-25/h8-12,15,20H,6-7,13,26H2,1-5H3,(H,27,28,29)/t15-,20+/m1/s1. The van der Waals surface area contributed by atoms with E-state index in [0.717, 1.165) is 40.0 Å². The normalized spacial score (nSPS) is 16.6. The number of aryl methyl sites for hydroxylation is 2. The molecule has 174 valence electrons. The van der Waals surface area contributed by atoms with Crippen molar-refractivity contribution in [1.82, 2.24) is 14.9 Å². The van der Waals surface area contributed by atoms with Gasteiger partial charge in [-0.05, 0) is 50.1 Å². The van der Waals surface area contributed by atoms with Crippen LogP contribution in [0.1, 0.15) is 43.3 Å². The van der Waals surface area contributed by atoms with Gasteiger partial charge in [0.15, 0.2) is 11.5 Å². The number of likely N-dealkylation sites (tertiary alicyclic amines) is 1. The highest BCUT2D eigenvalue weighted by Crippen LogP contribution is 2.36. The molecule has 1 aromatic heterocycles. The molecule has 4 rings (SSSR count). The second kappa shape index (κ2) is 9.13. The molecule has 1 fully saturated rings. The minimum atomic E-state index is -0.0859. The smallest absolute Gasteiger partial charge is 0.219 e. The zero-order valence-corrected chi connectivity index (χ0v) is 19.8. The number of hydrogen-bond acceptors (Lipinski definition) is 7. The number of nitrogen functional groups attached to an aromatic ring is 1. The molecule has 1 saturated heterocycles. The van der Waals surface area contributed by atoms with Crippen molar-refractivity contribution < 1.29 is 14.3 Å². The van der Waals surface area contributed by atoms with Gasteiger partial charge in [0.1, 0.15) is 17.7 Å². The van der Waals surface area contributed by atoms with Gasteiger partial charge in [-0.2, -0.15) is 0 Å². The number of anilines is 2. The fourth-order valence-electron chi connectivity index (χ4n) is 4.29. The summed E-state index contributed by atoms with van der Waals surface area (Å²) >= 11 is 0. The Balaban J connectivity index is 1.68. The number of carbonyl (C=O) groups excluding carboxylic acids is 1. The monoisotopic (exact) mass is 449 g/mol. The Morgan fingerprint density at radius 2 is 1.97 bits per heavy atom. The Morgan fingerprint density at radius 3 is 2.64 bits per heavy atom. The molecule has 2 atom stereocenters. The van der Waals surface area contributed by atoms with Gasteiger partial charge in [0, 0.05) is 37.0 Å². The highest BCUT2D eigenvalue weighted by molar-refractivity contribution is 5.92. The molecule has 0 bridgehead atoms. The lowest BCUT2D eigenvalue weighted by molar-refractivity contribution is -0.128. The molecule has 1 aliphatic rings. The summed E-state index contributed by atoms with van der Waals surface area (Å²) in [6, 6.07) is 9.81. The van der Waals surface area contributed by atoms with Crippen molar-refractivity contribution in [3.05, 3.63) is 47.3 Å². The van der Waals surface area contributed by atoms with Crippen molar-refractivity contribution in [3.63, 3.8) is 0 Å². The number of carbonyl (C=O) groups is 1. The van der Waals surface area contributed by atoms with Crippen LogP contribution in [0, 0.1) is 13.8 Å². The second-order valence-electron chi connectivity index (χ2n) is 8.68. The van der Waals surface area contributed by atoms with Crippen LogP contribution in [0.5, 0.6) is 11.5 Å². The van der Waals surface area contributed by atoms with Gasteiger partial charge < -0.3 is 25.4 Å². The molecule has 8 nitrogen and oxygen atoms in total. The first-order valence-electron chi connectivity index (χ1n) is 11.2. The summed E-state index contributed by atoms with van der Waals surface area (Å²) in [5.41, 5.74) is 9.75. The first kappa shape index (κ1) is 22.6. The molecule has 1 amide bonds. The van der Waals surface area contributed by atoms with E-state index in [1.54, 1.807) is 18.9 Å². The highest BCUT2D eigenvalue weighted by Gasteiger charge is 2.27. The van der Waals surface area contributed by atoms with Crippen LogP contribution < -0.4 is 20.5 Å². The topological polar surface area (TPSA) is 103 Å². The van der Waals surface area contributed by atoms with Crippen LogP contribution in [0.25, 0.3) is 10.9 Å². The van der Waals surface area contributed by atoms with E-state index in [1.165, 1.54) is 0 Å². The summed E-state index contributed by atoms with van der Waals surface area (Å²) in [6.07, 6.45) is 0.694. The van der Waals surface area contributed by atoms with E-state index >= 15 is 0 Å². The number of nitrogens with zero attached hydrogens (tertiary/aromatic N) is 3. The number of ether oxygens (including phenoxy) is 2. The van der Waals surface area contributed by atoms with Gasteiger partial charge in [0.25, 0.3) is 0 Å². The molecule has 2 heterocycles. The number of benzene rings is 2. The summed E-state index contributed by atoms with van der Waals surface area (Å²) in [4.78, 5) is 22.8. The molecule has 0 aliphatic carbocycles. The molecule has 0 saturated carbocycles. The fourth-order valence-corrected chi connectivity index (χ4v) is 4.29. The molecule has 0 spiro atoms. The number of fused-ring (bicyclic) bond motifs is 1. The van der Waals surface area contributed by atoms with Gasteiger partial charge >= 0.3 is 0 Å². The Kier molecular flexibility index (Phi) is 6.26. The van der Waals surface area contributed by atoms with Crippen LogP contribution in [0.4, 0.5) is 11.5 Å². The van der Waals surface area contributed by atoms with Gasteiger partial charge in [0.2, 0.25) is 5.91 Å². The minimum Gasteiger partial charge on any atom is -0.493 e. The van der Waals surface area contributed by atoms with Crippen LogP contribution >= 0.6 is 0 Å². The van der Waals surface area contributed by atoms with E-state index in [9.17, 15) is 4.79 Å². The fraction of sp³-hybridized carbons (Fsp3) is 0.400. The second-order valence-corrected chi connectivity index (χ2v) is 8.68. The summed E-state index contributed by atoms with van der Waals surface area (Å²) < 4.78 is 11.9. The van der Waals surface area contributed by atoms with Crippen LogP contribution in [0.3, 0.4) is 0 Å². The van der Waals surface area contributed by atoms with Gasteiger partial charge in [-0.15, -0.1) is 0 Å². The lowest BCUT2D eigenvalue weighted by Gasteiger charge is -2.20. The Hall–Kier alpha value is -3.55. The summed E-state index contributed by atoms with van der Waals surface area (Å²) in [5.74, 6) is 2.65. The number of amides is 1. The number of nitrogens with two attached hydrogens (primary N) is 1. The Morgan fingerprint density at radius 1 is 1.18 bits per heavy atom. The quantitative estimate of drug-likeness (QED) is 0.548. The van der Waals surface area contributed by atoms with Gasteiger partial charge in [-0.3, -0.25) is 4.79 Å². The number of hydrogen-bond donors (Lipinski definition) is 2. The molecule has 8 heteroatoms. The van der Waals surface area contributed by atoms with Crippen LogP contribution in [0.2, 0.25) is 0 Å². The highest BCUT2D eigenvalue weighted by atomic mass is 16.5. The predicted octanol–water partition coefficient (Wildman–Crippen LogP) is 4.01. The van der Waals surface area contributed by atoms with Crippen molar-refractivity contribution in [1.29, 1.82) is 0 Å². The summed E-state index contributed by atoms with van der Waals surface area (Å²) in [6.45, 7) is 8.82. The van der Waals surface area contributed by atoms with Gasteiger partial charge in [0.05, 0.1) is 25.2 Å². The van der Waals surface area contributed by atoms with E-state index in [0.29, 0.717) is 30.4 Å². The molecular formula is C25H31N5O3. The van der Waals surface area contributed by atoms with E-state index in [4.69, 9.17) is 15.2 Å². The predicted molar refractivity (Wildman–Crippen MR) is 130 cm³/mol. The van der Waals surface area contributed by atoms with E-state index in [-0.39, 0.29) is 18.1 Å². The third kappa shape index (κ3) is 4.94. The summed E-state index contributed by atoms with van der Waals surface area (Å²) in [7, 11) is 1.61. The van der Waals surface area contributed by atoms with Crippen molar-refractivity contribution in [2.75, 3.05) is 31.2 Å². The van der Waals surface area contributed by atoms with Crippen LogP contribution in [-0.4, -0.2) is 47.1 Å². The molecule has 3 N–H and O–H groups in total. The Labute approximate surface area is 194 Å². The zero-order chi connectivity index (χ0) is 23.7. The lowest BCUT2D eigenvalue weighted by atomic mass is 10.0. The average Bonchev–Trinajstić information content (AvgIpc) is 3.22. The zero-order valence-electron chi connectivity index (χ0n) is 19.8. The molecule has 0 radical (unpaired) electrons. The summed E-state index contributed by atoms with van der Waals surface area (Å²) in [5, 5.41) is 4.36. The third-order valence-corrected chi connectivity index (χ3v) is 5.95. The molecule has 0 unspecified atom stereocenters. The molecular weight excluding hydrogens is 418 g/mol. The maximum absolute atomic E-state index is 11.7. The van der Waals surface area contributed by atoms with Crippen LogP contribution in [-0.2, 0) is 4.79 Å².